The predicted molar refractivity (Wildman–Crippen MR) is 126 cm³/mol. The highest BCUT2D eigenvalue weighted by Crippen LogP contribution is 2.33. The minimum absolute atomic E-state index is 0.0538. The van der Waals surface area contributed by atoms with Crippen molar-refractivity contribution in [2.45, 2.75) is 46.7 Å². The second-order valence-corrected chi connectivity index (χ2v) is 9.13. The van der Waals surface area contributed by atoms with Gasteiger partial charge >= 0.3 is 5.97 Å². The minimum Gasteiger partial charge on any atom is -0.478 e. The van der Waals surface area contributed by atoms with Gasteiger partial charge in [-0.3, -0.25) is 9.59 Å². The number of rotatable bonds is 6. The topological polar surface area (TPSA) is 88.8 Å². The molecule has 7 nitrogen and oxygen atoms in total. The van der Waals surface area contributed by atoms with E-state index in [0.717, 1.165) is 16.5 Å². The Balaban J connectivity index is 1.73. The molecule has 3 aromatic rings. The number of amides is 1. The standard InChI is InChI=1S/C26H28N2O5/c1-15(2)28-8-7-18-11-20(5-6-21(18)25(28)30)33-23-12-19(26(31)32)10-17(4)22(23)14-27-13-16(3)9-24(27)29/h5-8,10-12,15-16H,9,13-14H2,1-4H3,(H,31,32). The van der Waals surface area contributed by atoms with Crippen LogP contribution in [0.15, 0.2) is 47.4 Å². The van der Waals surface area contributed by atoms with E-state index in [0.29, 0.717) is 36.4 Å². The molecule has 1 atom stereocenters. The molecule has 1 aliphatic rings. The van der Waals surface area contributed by atoms with Gasteiger partial charge in [-0.1, -0.05) is 6.92 Å². The van der Waals surface area contributed by atoms with E-state index in [4.69, 9.17) is 4.74 Å². The summed E-state index contributed by atoms with van der Waals surface area (Å²) in [7, 11) is 0. The fourth-order valence-electron chi connectivity index (χ4n) is 4.35. The lowest BCUT2D eigenvalue weighted by Gasteiger charge is -2.21. The number of ether oxygens (including phenoxy) is 1. The van der Waals surface area contributed by atoms with Gasteiger partial charge in [-0.2, -0.15) is 0 Å². The van der Waals surface area contributed by atoms with Crippen LogP contribution >= 0.6 is 0 Å². The molecule has 1 aromatic heterocycles. The molecule has 0 aliphatic carbocycles. The number of carbonyl (C=O) groups is 2. The molecular formula is C26H28N2O5. The van der Waals surface area contributed by atoms with Gasteiger partial charge in [0.25, 0.3) is 5.56 Å². The summed E-state index contributed by atoms with van der Waals surface area (Å²) < 4.78 is 7.84. The Morgan fingerprint density at radius 3 is 2.58 bits per heavy atom. The lowest BCUT2D eigenvalue weighted by atomic mass is 10.0. The number of carboxylic acid groups (broad SMARTS) is 1. The van der Waals surface area contributed by atoms with Gasteiger partial charge in [0, 0.05) is 42.7 Å². The lowest BCUT2D eigenvalue weighted by molar-refractivity contribution is -0.128. The third-order valence-corrected chi connectivity index (χ3v) is 6.12. The zero-order valence-electron chi connectivity index (χ0n) is 19.3. The molecule has 1 N–H and O–H groups in total. The maximum atomic E-state index is 12.7. The highest BCUT2D eigenvalue weighted by Gasteiger charge is 2.28. The Labute approximate surface area is 192 Å². The minimum atomic E-state index is -1.05. The number of fused-ring (bicyclic) bond motifs is 1. The highest BCUT2D eigenvalue weighted by atomic mass is 16.5. The van der Waals surface area contributed by atoms with Gasteiger partial charge in [-0.25, -0.2) is 4.79 Å². The van der Waals surface area contributed by atoms with Crippen molar-refractivity contribution in [1.29, 1.82) is 0 Å². The summed E-state index contributed by atoms with van der Waals surface area (Å²) in [4.78, 5) is 38.5. The number of likely N-dealkylation sites (tertiary alicyclic amines) is 1. The van der Waals surface area contributed by atoms with Crippen molar-refractivity contribution < 1.29 is 19.4 Å². The molecule has 1 unspecified atom stereocenters. The van der Waals surface area contributed by atoms with Crippen LogP contribution in [0.1, 0.15) is 54.7 Å². The van der Waals surface area contributed by atoms with Gasteiger partial charge in [-0.05, 0) is 74.0 Å². The second kappa shape index (κ2) is 8.73. The molecule has 33 heavy (non-hydrogen) atoms. The van der Waals surface area contributed by atoms with Gasteiger partial charge in [-0.15, -0.1) is 0 Å². The Bertz CT molecular complexity index is 1310. The van der Waals surface area contributed by atoms with Crippen molar-refractivity contribution in [3.05, 3.63) is 69.6 Å². The molecule has 0 radical (unpaired) electrons. The Hall–Kier alpha value is -3.61. The van der Waals surface area contributed by atoms with Crippen LogP contribution in [0, 0.1) is 12.8 Å². The lowest BCUT2D eigenvalue weighted by Crippen LogP contribution is -2.25. The first-order valence-electron chi connectivity index (χ1n) is 11.1. The van der Waals surface area contributed by atoms with E-state index in [1.165, 1.54) is 6.07 Å². The molecule has 0 saturated carbocycles. The van der Waals surface area contributed by atoms with Gasteiger partial charge < -0.3 is 19.3 Å². The molecule has 4 rings (SSSR count). The number of carbonyl (C=O) groups excluding carboxylic acids is 1. The summed E-state index contributed by atoms with van der Waals surface area (Å²) in [6.07, 6.45) is 2.28. The zero-order chi connectivity index (χ0) is 23.9. The molecule has 2 aromatic carbocycles. The number of benzene rings is 2. The van der Waals surface area contributed by atoms with Gasteiger partial charge in [0.05, 0.1) is 5.56 Å². The average molecular weight is 449 g/mol. The van der Waals surface area contributed by atoms with Gasteiger partial charge in [0.1, 0.15) is 11.5 Å². The Morgan fingerprint density at radius 2 is 1.94 bits per heavy atom. The number of carboxylic acids is 1. The number of hydrogen-bond donors (Lipinski definition) is 1. The van der Waals surface area contributed by atoms with Crippen LogP contribution in [0.25, 0.3) is 10.8 Å². The van der Waals surface area contributed by atoms with E-state index in [1.54, 1.807) is 39.9 Å². The third-order valence-electron chi connectivity index (χ3n) is 6.12. The maximum absolute atomic E-state index is 12.7. The number of aromatic nitrogens is 1. The number of aryl methyl sites for hydroxylation is 1. The monoisotopic (exact) mass is 448 g/mol. The first kappa shape index (κ1) is 22.6. The molecule has 2 heterocycles. The molecule has 1 amide bonds. The van der Waals surface area contributed by atoms with Crippen molar-refractivity contribution in [3.63, 3.8) is 0 Å². The maximum Gasteiger partial charge on any atom is 0.335 e. The molecule has 0 bridgehead atoms. The van der Waals surface area contributed by atoms with E-state index < -0.39 is 5.97 Å². The van der Waals surface area contributed by atoms with Crippen LogP contribution in [-0.2, 0) is 11.3 Å². The highest BCUT2D eigenvalue weighted by molar-refractivity contribution is 5.89. The third kappa shape index (κ3) is 4.49. The van der Waals surface area contributed by atoms with E-state index in [1.807, 2.05) is 33.8 Å². The van der Waals surface area contributed by atoms with Crippen molar-refractivity contribution in [1.82, 2.24) is 9.47 Å². The number of aromatic carboxylic acids is 1. The van der Waals surface area contributed by atoms with Crippen LogP contribution in [0.2, 0.25) is 0 Å². The largest absolute Gasteiger partial charge is 0.478 e. The SMILES string of the molecule is Cc1cc(C(=O)O)cc(Oc2ccc3c(=O)n(C(C)C)ccc3c2)c1CN1CC(C)CC1=O. The molecule has 7 heteroatoms. The molecule has 1 saturated heterocycles. The molecule has 1 aliphatic heterocycles. The molecule has 1 fully saturated rings. The van der Waals surface area contributed by atoms with Crippen LogP contribution in [-0.4, -0.2) is 33.0 Å². The van der Waals surface area contributed by atoms with E-state index in [9.17, 15) is 19.5 Å². The predicted octanol–water partition coefficient (Wildman–Crippen LogP) is 4.75. The van der Waals surface area contributed by atoms with E-state index >= 15 is 0 Å². The van der Waals surface area contributed by atoms with Crippen LogP contribution < -0.4 is 10.3 Å². The van der Waals surface area contributed by atoms with Crippen molar-refractivity contribution in [3.8, 4) is 11.5 Å². The average Bonchev–Trinajstić information content (AvgIpc) is 3.06. The molecule has 0 spiro atoms. The van der Waals surface area contributed by atoms with Crippen molar-refractivity contribution >= 4 is 22.6 Å². The Kier molecular flexibility index (Phi) is 5.97. The first-order chi connectivity index (χ1) is 15.6. The summed E-state index contributed by atoms with van der Waals surface area (Å²) in [6, 6.07) is 10.2. The zero-order valence-corrected chi connectivity index (χ0v) is 19.3. The van der Waals surface area contributed by atoms with Crippen LogP contribution in [0.4, 0.5) is 0 Å². The summed E-state index contributed by atoms with van der Waals surface area (Å²) >= 11 is 0. The quantitative estimate of drug-likeness (QED) is 0.588. The normalized spacial score (nSPS) is 16.1. The van der Waals surface area contributed by atoms with Crippen LogP contribution in [0.3, 0.4) is 0 Å². The van der Waals surface area contributed by atoms with Crippen LogP contribution in [0.5, 0.6) is 11.5 Å². The van der Waals surface area contributed by atoms with Crippen molar-refractivity contribution in [2.24, 2.45) is 5.92 Å². The summed E-state index contributed by atoms with van der Waals surface area (Å²) in [5.74, 6) is 0.217. The van der Waals surface area contributed by atoms with Gasteiger partial charge in [0.2, 0.25) is 5.91 Å². The summed E-state index contributed by atoms with van der Waals surface area (Å²) in [6.45, 7) is 8.80. The fourth-order valence-corrected chi connectivity index (χ4v) is 4.35. The summed E-state index contributed by atoms with van der Waals surface area (Å²) in [5, 5.41) is 10.9. The number of hydrogen-bond acceptors (Lipinski definition) is 4. The smallest absolute Gasteiger partial charge is 0.335 e. The first-order valence-corrected chi connectivity index (χ1v) is 11.1. The number of nitrogens with zero attached hydrogens (tertiary/aromatic N) is 2. The number of pyridine rings is 1. The Morgan fingerprint density at radius 1 is 1.18 bits per heavy atom. The second-order valence-electron chi connectivity index (χ2n) is 9.13. The summed E-state index contributed by atoms with van der Waals surface area (Å²) in [5.41, 5.74) is 1.57. The van der Waals surface area contributed by atoms with E-state index in [2.05, 4.69) is 0 Å². The molecular weight excluding hydrogens is 420 g/mol. The van der Waals surface area contributed by atoms with E-state index in [-0.39, 0.29) is 29.0 Å². The fraction of sp³-hybridized carbons (Fsp3) is 0.346. The van der Waals surface area contributed by atoms with Gasteiger partial charge in [0.15, 0.2) is 0 Å². The van der Waals surface area contributed by atoms with Crippen molar-refractivity contribution in [2.75, 3.05) is 6.54 Å². The molecule has 172 valence electrons.